The Balaban J connectivity index is 1.65. The summed E-state index contributed by atoms with van der Waals surface area (Å²) < 4.78 is 1.85. The maximum atomic E-state index is 12.9. The predicted octanol–water partition coefficient (Wildman–Crippen LogP) is 1.93. The molecule has 7 heteroatoms. The molecule has 1 saturated carbocycles. The van der Waals surface area contributed by atoms with E-state index < -0.39 is 0 Å². The van der Waals surface area contributed by atoms with Crippen molar-refractivity contribution >= 4 is 11.8 Å². The lowest BCUT2D eigenvalue weighted by Crippen LogP contribution is -2.39. The number of amides is 2. The largest absolute Gasteiger partial charge is 0.338 e. The number of hydrogen-bond acceptors (Lipinski definition) is 4. The molecule has 1 unspecified atom stereocenters. The lowest BCUT2D eigenvalue weighted by molar-refractivity contribution is -0.135. The zero-order valence-electron chi connectivity index (χ0n) is 15.6. The fourth-order valence-corrected chi connectivity index (χ4v) is 4.06. The van der Waals surface area contributed by atoms with Crippen molar-refractivity contribution in [1.82, 2.24) is 24.6 Å². The van der Waals surface area contributed by atoms with Crippen molar-refractivity contribution in [3.8, 4) is 0 Å². The van der Waals surface area contributed by atoms with Gasteiger partial charge in [-0.25, -0.2) is 0 Å². The molecule has 7 nitrogen and oxygen atoms in total. The molecule has 3 rings (SSSR count). The first kappa shape index (κ1) is 17.9. The fourth-order valence-electron chi connectivity index (χ4n) is 4.06. The molecule has 2 amide bonds. The van der Waals surface area contributed by atoms with Gasteiger partial charge < -0.3 is 14.4 Å². The van der Waals surface area contributed by atoms with Gasteiger partial charge in [-0.2, -0.15) is 0 Å². The van der Waals surface area contributed by atoms with E-state index in [2.05, 4.69) is 17.1 Å². The van der Waals surface area contributed by atoms with Crippen LogP contribution in [-0.2, 0) is 17.9 Å². The lowest BCUT2D eigenvalue weighted by Gasteiger charge is -2.26. The SMILES string of the molecule is CCC(CC1CCCC1)C(=O)N(C)Cc1nnc2n1CCN(C)C2=O. The molecule has 0 saturated heterocycles. The highest BCUT2D eigenvalue weighted by Gasteiger charge is 2.29. The number of nitrogens with zero attached hydrogens (tertiary/aromatic N) is 5. The first-order chi connectivity index (χ1) is 12.0. The van der Waals surface area contributed by atoms with Crippen molar-refractivity contribution in [3.05, 3.63) is 11.6 Å². The molecule has 2 heterocycles. The summed E-state index contributed by atoms with van der Waals surface area (Å²) in [6.07, 6.45) is 7.02. The van der Waals surface area contributed by atoms with Gasteiger partial charge in [0.2, 0.25) is 11.7 Å². The number of aromatic nitrogens is 3. The van der Waals surface area contributed by atoms with E-state index in [-0.39, 0.29) is 17.7 Å². The Bertz CT molecular complexity index is 635. The van der Waals surface area contributed by atoms with Crippen LogP contribution in [0.1, 0.15) is 61.9 Å². The van der Waals surface area contributed by atoms with E-state index in [1.807, 2.05) is 11.6 Å². The van der Waals surface area contributed by atoms with Crippen molar-refractivity contribution in [2.45, 2.75) is 58.5 Å². The summed E-state index contributed by atoms with van der Waals surface area (Å²) in [6.45, 7) is 3.83. The van der Waals surface area contributed by atoms with E-state index in [0.29, 0.717) is 37.2 Å². The molecule has 25 heavy (non-hydrogen) atoms. The highest BCUT2D eigenvalue weighted by atomic mass is 16.2. The van der Waals surface area contributed by atoms with Gasteiger partial charge in [0.05, 0.1) is 6.54 Å². The van der Waals surface area contributed by atoms with E-state index in [9.17, 15) is 9.59 Å². The second kappa shape index (κ2) is 7.54. The molecule has 1 aromatic rings. The second-order valence-electron chi connectivity index (χ2n) is 7.50. The van der Waals surface area contributed by atoms with Gasteiger partial charge in [-0.3, -0.25) is 9.59 Å². The molecular weight excluding hydrogens is 318 g/mol. The van der Waals surface area contributed by atoms with Gasteiger partial charge in [0.1, 0.15) is 0 Å². The molecule has 0 radical (unpaired) electrons. The van der Waals surface area contributed by atoms with Crippen LogP contribution in [0, 0.1) is 11.8 Å². The Morgan fingerprint density at radius 1 is 1.28 bits per heavy atom. The van der Waals surface area contributed by atoms with Crippen LogP contribution in [0.5, 0.6) is 0 Å². The van der Waals surface area contributed by atoms with Crippen molar-refractivity contribution < 1.29 is 9.59 Å². The van der Waals surface area contributed by atoms with E-state index in [1.165, 1.54) is 25.7 Å². The van der Waals surface area contributed by atoms with Crippen molar-refractivity contribution in [1.29, 1.82) is 0 Å². The van der Waals surface area contributed by atoms with Crippen LogP contribution in [0.3, 0.4) is 0 Å². The third-order valence-electron chi connectivity index (χ3n) is 5.71. The number of fused-ring (bicyclic) bond motifs is 1. The van der Waals surface area contributed by atoms with E-state index in [0.717, 1.165) is 12.8 Å². The Kier molecular flexibility index (Phi) is 5.39. The van der Waals surface area contributed by atoms with Crippen LogP contribution < -0.4 is 0 Å². The molecule has 1 aliphatic carbocycles. The van der Waals surface area contributed by atoms with Crippen molar-refractivity contribution in [3.63, 3.8) is 0 Å². The van der Waals surface area contributed by atoms with Crippen molar-refractivity contribution in [2.75, 3.05) is 20.6 Å². The summed E-state index contributed by atoms with van der Waals surface area (Å²) in [5.41, 5.74) is 0. The lowest BCUT2D eigenvalue weighted by atomic mass is 9.90. The maximum Gasteiger partial charge on any atom is 0.291 e. The molecule has 0 bridgehead atoms. The zero-order valence-corrected chi connectivity index (χ0v) is 15.6. The number of rotatable bonds is 6. The summed E-state index contributed by atoms with van der Waals surface area (Å²) in [5.74, 6) is 1.95. The molecule has 0 N–H and O–H groups in total. The number of carbonyl (C=O) groups is 2. The molecule has 1 aliphatic heterocycles. The minimum Gasteiger partial charge on any atom is -0.338 e. The van der Waals surface area contributed by atoms with Crippen LogP contribution in [0.15, 0.2) is 0 Å². The van der Waals surface area contributed by atoms with Gasteiger partial charge in [-0.1, -0.05) is 32.6 Å². The smallest absolute Gasteiger partial charge is 0.291 e. The van der Waals surface area contributed by atoms with Gasteiger partial charge in [-0.05, 0) is 18.8 Å². The van der Waals surface area contributed by atoms with E-state index >= 15 is 0 Å². The Morgan fingerprint density at radius 2 is 2.00 bits per heavy atom. The average Bonchev–Trinajstić information content (AvgIpc) is 3.25. The van der Waals surface area contributed by atoms with E-state index in [1.54, 1.807) is 16.8 Å². The van der Waals surface area contributed by atoms with E-state index in [4.69, 9.17) is 0 Å². The molecule has 0 spiro atoms. The first-order valence-corrected chi connectivity index (χ1v) is 9.43. The molecular formula is C18H29N5O2. The van der Waals surface area contributed by atoms with Crippen LogP contribution >= 0.6 is 0 Å². The third kappa shape index (κ3) is 3.70. The summed E-state index contributed by atoms with van der Waals surface area (Å²) in [6, 6.07) is 0. The maximum absolute atomic E-state index is 12.9. The third-order valence-corrected chi connectivity index (χ3v) is 5.71. The number of carbonyl (C=O) groups excluding carboxylic acids is 2. The van der Waals surface area contributed by atoms with Crippen LogP contribution in [-0.4, -0.2) is 57.0 Å². The molecule has 138 valence electrons. The normalized spacial score (nSPS) is 19.2. The van der Waals surface area contributed by atoms with Gasteiger partial charge in [0.25, 0.3) is 5.91 Å². The minimum atomic E-state index is -0.105. The molecule has 2 aliphatic rings. The topological polar surface area (TPSA) is 71.3 Å². The van der Waals surface area contributed by atoms with Gasteiger partial charge in [0.15, 0.2) is 5.82 Å². The number of likely N-dealkylation sites (N-methyl/N-ethyl adjacent to an activating group) is 1. The Labute approximate surface area is 149 Å². The predicted molar refractivity (Wildman–Crippen MR) is 93.8 cm³/mol. The summed E-state index contributed by atoms with van der Waals surface area (Å²) in [7, 11) is 3.60. The highest BCUT2D eigenvalue weighted by Crippen LogP contribution is 2.32. The summed E-state index contributed by atoms with van der Waals surface area (Å²) in [4.78, 5) is 28.4. The second-order valence-corrected chi connectivity index (χ2v) is 7.50. The summed E-state index contributed by atoms with van der Waals surface area (Å²) >= 11 is 0. The molecule has 0 aromatic carbocycles. The molecule has 1 fully saturated rings. The zero-order chi connectivity index (χ0) is 18.0. The average molecular weight is 347 g/mol. The summed E-state index contributed by atoms with van der Waals surface area (Å²) in [5, 5.41) is 8.20. The molecule has 1 aromatic heterocycles. The standard InChI is InChI=1S/C18H29N5O2/c1-4-14(11-13-7-5-6-8-13)17(24)22(3)12-15-19-20-16-18(25)21(2)9-10-23(15)16/h13-14H,4-12H2,1-3H3. The quantitative estimate of drug-likeness (QED) is 0.788. The van der Waals surface area contributed by atoms with Gasteiger partial charge in [0, 0.05) is 33.1 Å². The van der Waals surface area contributed by atoms with Gasteiger partial charge >= 0.3 is 0 Å². The Hall–Kier alpha value is -1.92. The first-order valence-electron chi connectivity index (χ1n) is 9.43. The van der Waals surface area contributed by atoms with Crippen LogP contribution in [0.4, 0.5) is 0 Å². The monoisotopic (exact) mass is 347 g/mol. The van der Waals surface area contributed by atoms with Crippen LogP contribution in [0.25, 0.3) is 0 Å². The number of hydrogen-bond donors (Lipinski definition) is 0. The molecule has 1 atom stereocenters. The van der Waals surface area contributed by atoms with Crippen LogP contribution in [0.2, 0.25) is 0 Å². The van der Waals surface area contributed by atoms with Crippen molar-refractivity contribution in [2.24, 2.45) is 11.8 Å². The Morgan fingerprint density at radius 3 is 2.68 bits per heavy atom. The minimum absolute atomic E-state index is 0.0876. The fraction of sp³-hybridized carbons (Fsp3) is 0.778. The highest BCUT2D eigenvalue weighted by molar-refractivity contribution is 5.91. The van der Waals surface area contributed by atoms with Gasteiger partial charge in [-0.15, -0.1) is 10.2 Å².